The second-order valence-corrected chi connectivity index (χ2v) is 10.9. The molecule has 0 bridgehead atoms. The van der Waals surface area contributed by atoms with Gasteiger partial charge in [-0.05, 0) is 77.5 Å². The third-order valence-corrected chi connectivity index (χ3v) is 6.04. The molecule has 168 valence electrons. The molecule has 0 aliphatic carbocycles. The molecule has 1 aromatic rings. The molecule has 0 radical (unpaired) electrons. The molecule has 1 aromatic carbocycles. The van der Waals surface area contributed by atoms with E-state index in [0.717, 1.165) is 21.8 Å². The minimum Gasteiger partial charge on any atom is -0.459 e. The lowest BCUT2D eigenvalue weighted by molar-refractivity contribution is -0.186. The third kappa shape index (κ3) is 7.22. The lowest BCUT2D eigenvalue weighted by atomic mass is 9.90. The number of carbonyl (C=O) groups is 2. The van der Waals surface area contributed by atoms with Crippen molar-refractivity contribution in [2.75, 3.05) is 13.1 Å². The fourth-order valence-electron chi connectivity index (χ4n) is 3.28. The number of alkyl halides is 3. The maximum atomic E-state index is 12.5. The van der Waals surface area contributed by atoms with Gasteiger partial charge in [-0.1, -0.05) is 12.1 Å². The van der Waals surface area contributed by atoms with Crippen LogP contribution in [0.4, 0.5) is 13.2 Å². The van der Waals surface area contributed by atoms with Crippen LogP contribution in [0, 0.1) is 5.92 Å². The molecule has 0 unspecified atom stereocenters. The highest BCUT2D eigenvalue weighted by Crippen LogP contribution is 2.35. The zero-order valence-corrected chi connectivity index (χ0v) is 19.0. The Balaban J connectivity index is 1.88. The van der Waals surface area contributed by atoms with Gasteiger partial charge in [0, 0.05) is 18.0 Å². The molecular weight excluding hydrogens is 415 g/mol. The predicted octanol–water partition coefficient (Wildman–Crippen LogP) is 5.24. The van der Waals surface area contributed by atoms with Gasteiger partial charge in [0.25, 0.3) is 0 Å². The van der Waals surface area contributed by atoms with E-state index < -0.39 is 22.4 Å². The zero-order valence-electron chi connectivity index (χ0n) is 18.1. The molecule has 0 atom stereocenters. The summed E-state index contributed by atoms with van der Waals surface area (Å²) in [5.41, 5.74) is 0.550. The van der Waals surface area contributed by atoms with Crippen LogP contribution in [-0.2, 0) is 20.7 Å². The molecule has 0 saturated carbocycles. The number of piperidine rings is 1. The Morgan fingerprint density at radius 1 is 1.03 bits per heavy atom. The van der Waals surface area contributed by atoms with Gasteiger partial charge in [0.05, 0.1) is 0 Å². The van der Waals surface area contributed by atoms with Crippen molar-refractivity contribution in [1.29, 1.82) is 0 Å². The first kappa shape index (κ1) is 24.6. The van der Waals surface area contributed by atoms with Crippen LogP contribution >= 0.6 is 11.8 Å². The molecule has 1 heterocycles. The number of thioether (sulfide) groups is 1. The largest absolute Gasteiger partial charge is 0.471 e. The first-order chi connectivity index (χ1) is 13.7. The van der Waals surface area contributed by atoms with E-state index in [0.29, 0.717) is 12.8 Å². The van der Waals surface area contributed by atoms with Crippen molar-refractivity contribution < 1.29 is 27.5 Å². The standard InChI is InChI=1S/C22H30F3NO3S/c1-20(2,3)29-19(28)21(4,5)30-17-8-6-15(7-9-17)14-16-10-12-26(13-11-16)18(27)22(23,24)25/h6-9,16H,10-14H2,1-5H3. The maximum Gasteiger partial charge on any atom is 0.471 e. The molecule has 8 heteroatoms. The lowest BCUT2D eigenvalue weighted by Gasteiger charge is -2.32. The Morgan fingerprint density at radius 3 is 2.03 bits per heavy atom. The second-order valence-electron chi connectivity index (χ2n) is 9.20. The quantitative estimate of drug-likeness (QED) is 0.459. The second kappa shape index (κ2) is 9.20. The molecule has 30 heavy (non-hydrogen) atoms. The van der Waals surface area contributed by atoms with E-state index in [1.165, 1.54) is 11.8 Å². The van der Waals surface area contributed by atoms with E-state index in [1.807, 2.05) is 58.9 Å². The van der Waals surface area contributed by atoms with E-state index in [2.05, 4.69) is 0 Å². The summed E-state index contributed by atoms with van der Waals surface area (Å²) in [6.45, 7) is 9.45. The van der Waals surface area contributed by atoms with Crippen LogP contribution in [0.15, 0.2) is 29.2 Å². The van der Waals surface area contributed by atoms with Gasteiger partial charge >= 0.3 is 18.1 Å². The van der Waals surface area contributed by atoms with Crippen LogP contribution in [0.25, 0.3) is 0 Å². The van der Waals surface area contributed by atoms with Crippen LogP contribution in [0.5, 0.6) is 0 Å². The van der Waals surface area contributed by atoms with Crippen LogP contribution in [0.3, 0.4) is 0 Å². The Hall–Kier alpha value is -1.70. The minimum absolute atomic E-state index is 0.140. The summed E-state index contributed by atoms with van der Waals surface area (Å²) >= 11 is 1.43. The van der Waals surface area contributed by atoms with Crippen molar-refractivity contribution in [1.82, 2.24) is 4.90 Å². The summed E-state index contributed by atoms with van der Waals surface area (Å²) in [7, 11) is 0. The van der Waals surface area contributed by atoms with E-state index >= 15 is 0 Å². The fourth-order valence-corrected chi connectivity index (χ4v) is 4.27. The molecule has 2 rings (SSSR count). The zero-order chi connectivity index (χ0) is 22.7. The third-order valence-electron chi connectivity index (χ3n) is 4.86. The average molecular weight is 446 g/mol. The summed E-state index contributed by atoms with van der Waals surface area (Å²) in [6, 6.07) is 7.88. The number of likely N-dealkylation sites (tertiary alicyclic amines) is 1. The molecule has 1 amide bonds. The molecule has 1 saturated heterocycles. The lowest BCUT2D eigenvalue weighted by Crippen LogP contribution is -2.45. The van der Waals surface area contributed by atoms with Gasteiger partial charge < -0.3 is 9.64 Å². The number of halogens is 3. The predicted molar refractivity (Wildman–Crippen MR) is 111 cm³/mol. The molecule has 0 spiro atoms. The first-order valence-electron chi connectivity index (χ1n) is 10.0. The van der Waals surface area contributed by atoms with Gasteiger partial charge in [-0.25, -0.2) is 0 Å². The molecule has 1 aliphatic heterocycles. The number of hydrogen-bond donors (Lipinski definition) is 0. The van der Waals surface area contributed by atoms with Gasteiger partial charge in [0.2, 0.25) is 0 Å². The minimum atomic E-state index is -4.80. The van der Waals surface area contributed by atoms with Crippen molar-refractivity contribution in [3.63, 3.8) is 0 Å². The Kier molecular flexibility index (Phi) is 7.54. The molecule has 1 aliphatic rings. The van der Waals surface area contributed by atoms with Gasteiger partial charge in [-0.2, -0.15) is 13.2 Å². The number of ether oxygens (including phenoxy) is 1. The van der Waals surface area contributed by atoms with Crippen molar-refractivity contribution in [3.8, 4) is 0 Å². The summed E-state index contributed by atoms with van der Waals surface area (Å²) in [5, 5.41) is 0. The maximum absolute atomic E-state index is 12.5. The Bertz CT molecular complexity index is 746. The van der Waals surface area contributed by atoms with E-state index in [-0.39, 0.29) is 25.0 Å². The van der Waals surface area contributed by atoms with Crippen molar-refractivity contribution >= 4 is 23.6 Å². The summed E-state index contributed by atoms with van der Waals surface area (Å²) < 4.78 is 42.4. The SMILES string of the molecule is CC(C)(C)OC(=O)C(C)(C)Sc1ccc(CC2CCN(C(=O)C(F)(F)F)CC2)cc1. The number of carbonyl (C=O) groups excluding carboxylic acids is 2. The van der Waals surface area contributed by atoms with E-state index in [9.17, 15) is 22.8 Å². The van der Waals surface area contributed by atoms with Crippen molar-refractivity contribution in [3.05, 3.63) is 29.8 Å². The van der Waals surface area contributed by atoms with Gasteiger partial charge in [-0.3, -0.25) is 9.59 Å². The highest BCUT2D eigenvalue weighted by Gasteiger charge is 2.43. The normalized spacial score (nSPS) is 16.5. The summed E-state index contributed by atoms with van der Waals surface area (Å²) in [4.78, 5) is 25.6. The Labute approximate surface area is 180 Å². The number of nitrogens with zero attached hydrogens (tertiary/aromatic N) is 1. The number of hydrogen-bond acceptors (Lipinski definition) is 4. The molecule has 4 nitrogen and oxygen atoms in total. The van der Waals surface area contributed by atoms with E-state index in [4.69, 9.17) is 4.74 Å². The first-order valence-corrected chi connectivity index (χ1v) is 10.9. The summed E-state index contributed by atoms with van der Waals surface area (Å²) in [6.07, 6.45) is -2.92. The molecule has 0 aromatic heterocycles. The number of esters is 1. The highest BCUT2D eigenvalue weighted by molar-refractivity contribution is 8.01. The highest BCUT2D eigenvalue weighted by atomic mass is 32.2. The van der Waals surface area contributed by atoms with Crippen LogP contribution < -0.4 is 0 Å². The van der Waals surface area contributed by atoms with Crippen LogP contribution in [0.1, 0.15) is 53.0 Å². The Morgan fingerprint density at radius 2 is 1.57 bits per heavy atom. The molecule has 1 fully saturated rings. The molecular formula is C22H30F3NO3S. The number of amides is 1. The molecule has 0 N–H and O–H groups in total. The van der Waals surface area contributed by atoms with Gasteiger partial charge in [0.15, 0.2) is 0 Å². The van der Waals surface area contributed by atoms with Crippen molar-refractivity contribution in [2.45, 2.75) is 75.3 Å². The van der Waals surface area contributed by atoms with Gasteiger partial charge in [0.1, 0.15) is 10.3 Å². The fraction of sp³-hybridized carbons (Fsp3) is 0.636. The monoisotopic (exact) mass is 445 g/mol. The van der Waals surface area contributed by atoms with Crippen LogP contribution in [0.2, 0.25) is 0 Å². The summed E-state index contributed by atoms with van der Waals surface area (Å²) in [5.74, 6) is -1.77. The number of rotatable bonds is 5. The smallest absolute Gasteiger partial charge is 0.459 e. The van der Waals surface area contributed by atoms with Crippen molar-refractivity contribution in [2.24, 2.45) is 5.92 Å². The average Bonchev–Trinajstić information content (AvgIpc) is 2.61. The topological polar surface area (TPSA) is 46.6 Å². The van der Waals surface area contributed by atoms with Gasteiger partial charge in [-0.15, -0.1) is 11.8 Å². The van der Waals surface area contributed by atoms with E-state index in [1.54, 1.807) is 0 Å². The van der Waals surface area contributed by atoms with Crippen LogP contribution in [-0.4, -0.2) is 46.4 Å². The number of benzene rings is 1.